The van der Waals surface area contributed by atoms with Crippen LogP contribution in [0.15, 0.2) is 73.3 Å². The molecule has 586 valence electrons. The number of aromatic nitrogens is 4. The molecular weight excluding hydrogens is 1250 g/mol. The Labute approximate surface area is 624 Å². The van der Waals surface area contributed by atoms with Crippen molar-refractivity contribution >= 4 is 35.0 Å². The lowest BCUT2D eigenvalue weighted by Gasteiger charge is -2.38. The van der Waals surface area contributed by atoms with Crippen molar-refractivity contribution in [2.24, 2.45) is 22.2 Å². The van der Waals surface area contributed by atoms with Gasteiger partial charge in [-0.05, 0) is 151 Å². The summed E-state index contributed by atoms with van der Waals surface area (Å²) >= 11 is 0. The number of anilines is 1. The molecule has 0 spiro atoms. The van der Waals surface area contributed by atoms with Gasteiger partial charge in [0.15, 0.2) is 0 Å². The van der Waals surface area contributed by atoms with Crippen molar-refractivity contribution < 1.29 is 24.0 Å². The molecule has 14 nitrogen and oxygen atoms in total. The maximum atomic E-state index is 11.3. The highest BCUT2D eigenvalue weighted by Crippen LogP contribution is 2.38. The lowest BCUT2D eigenvalue weighted by atomic mass is 9.71. The maximum absolute atomic E-state index is 11.3. The van der Waals surface area contributed by atoms with Gasteiger partial charge >= 0.3 is 0 Å². The van der Waals surface area contributed by atoms with Crippen LogP contribution in [0.25, 0.3) is 0 Å². The van der Waals surface area contributed by atoms with E-state index in [1.54, 1.807) is 40.1 Å². The number of hydrogen-bond acceptors (Lipinski definition) is 10. The summed E-state index contributed by atoms with van der Waals surface area (Å²) in [7, 11) is 2.21. The molecule has 2 saturated heterocycles. The summed E-state index contributed by atoms with van der Waals surface area (Å²) in [5.41, 5.74) is 9.07. The first-order valence-electron chi connectivity index (χ1n) is 39.3. The van der Waals surface area contributed by atoms with Crippen molar-refractivity contribution in [2.75, 3.05) is 64.3 Å². The highest BCUT2D eigenvalue weighted by molar-refractivity contribution is 5.78. The third-order valence-electron chi connectivity index (χ3n) is 16.9. The molecule has 4 aromatic rings. The van der Waals surface area contributed by atoms with Crippen LogP contribution in [0, 0.1) is 22.2 Å². The van der Waals surface area contributed by atoms with Gasteiger partial charge in [-0.25, -0.2) is 4.68 Å². The average molecular weight is 1420 g/mol. The summed E-state index contributed by atoms with van der Waals surface area (Å²) in [6.07, 6.45) is 17.0. The Hall–Kier alpha value is -5.47. The van der Waals surface area contributed by atoms with Crippen molar-refractivity contribution in [1.29, 1.82) is 0 Å². The Kier molecular flexibility index (Phi) is 55.9. The van der Waals surface area contributed by atoms with Gasteiger partial charge in [-0.1, -0.05) is 244 Å². The van der Waals surface area contributed by atoms with Crippen LogP contribution in [0.4, 0.5) is 5.69 Å². The highest BCUT2D eigenvalue weighted by Gasteiger charge is 2.30. The van der Waals surface area contributed by atoms with E-state index in [1.165, 1.54) is 85.8 Å². The van der Waals surface area contributed by atoms with Gasteiger partial charge in [0, 0.05) is 123 Å². The molecule has 0 radical (unpaired) electrons. The fourth-order valence-corrected chi connectivity index (χ4v) is 10.8. The zero-order valence-corrected chi connectivity index (χ0v) is 73.0. The minimum absolute atomic E-state index is 0.0505. The van der Waals surface area contributed by atoms with E-state index >= 15 is 0 Å². The number of ketones is 2. The minimum Gasteiger partial charge on any atom is -0.368 e. The fourth-order valence-electron chi connectivity index (χ4n) is 10.8. The Balaban J connectivity index is -0.000000355. The predicted molar refractivity (Wildman–Crippen MR) is 441 cm³/mol. The lowest BCUT2D eigenvalue weighted by Crippen LogP contribution is -2.48. The van der Waals surface area contributed by atoms with Crippen molar-refractivity contribution in [2.45, 2.75) is 342 Å². The Morgan fingerprint density at radius 1 is 0.495 bits per heavy atom. The van der Waals surface area contributed by atoms with Crippen LogP contribution in [-0.4, -0.2) is 135 Å². The molecule has 7 rings (SSSR count). The average Bonchev–Trinajstić information content (AvgIpc) is 1.57. The number of benzene rings is 2. The Morgan fingerprint density at radius 3 is 1.28 bits per heavy atom. The molecule has 101 heavy (non-hydrogen) atoms. The first-order valence-corrected chi connectivity index (χ1v) is 39.3. The summed E-state index contributed by atoms with van der Waals surface area (Å²) in [5, 5.41) is 11.2. The monoisotopic (exact) mass is 1410 g/mol. The number of aryl methyl sites for hydroxylation is 2. The van der Waals surface area contributed by atoms with Crippen LogP contribution in [-0.2, 0) is 54.8 Å². The summed E-state index contributed by atoms with van der Waals surface area (Å²) in [6.45, 7) is 83.7. The molecule has 2 aliphatic heterocycles. The largest absolute Gasteiger partial charge is 0.368 e. The van der Waals surface area contributed by atoms with Gasteiger partial charge in [-0.15, -0.1) is 0 Å². The van der Waals surface area contributed by atoms with Crippen LogP contribution in [0.1, 0.15) is 327 Å². The molecule has 2 amide bonds. The molecule has 2 aromatic heterocycles. The van der Waals surface area contributed by atoms with Crippen molar-refractivity contribution in [1.82, 2.24) is 39.6 Å². The number of nitrogens with zero attached hydrogens (tertiary/aromatic N) is 8. The quantitative estimate of drug-likeness (QED) is 0.154. The van der Waals surface area contributed by atoms with Crippen molar-refractivity contribution in [3.63, 3.8) is 0 Å². The summed E-state index contributed by atoms with van der Waals surface area (Å²) in [5.74, 6) is 1.50. The van der Waals surface area contributed by atoms with Gasteiger partial charge in [0.05, 0.1) is 12.4 Å². The van der Waals surface area contributed by atoms with Crippen molar-refractivity contribution in [3.8, 4) is 0 Å². The second-order valence-electron chi connectivity index (χ2n) is 32.3. The van der Waals surface area contributed by atoms with E-state index in [2.05, 4.69) is 217 Å². The summed E-state index contributed by atoms with van der Waals surface area (Å²) < 4.78 is 3.20. The Bertz CT molecular complexity index is 2710. The van der Waals surface area contributed by atoms with Crippen LogP contribution < -0.4 is 10.2 Å². The number of likely N-dealkylation sites (N-methyl/N-ethyl adjacent to an activating group) is 1. The topological polar surface area (TPSA) is 146 Å². The number of amides is 2. The number of Topliss-reactive ketones (excluding diaryl/α,β-unsaturated/α-hetero) is 2. The van der Waals surface area contributed by atoms with Crippen molar-refractivity contribution in [3.05, 3.63) is 101 Å². The third kappa shape index (κ3) is 50.6. The van der Waals surface area contributed by atoms with Crippen LogP contribution in [0.5, 0.6) is 0 Å². The second kappa shape index (κ2) is 54.2. The molecule has 1 saturated carbocycles. The van der Waals surface area contributed by atoms with Gasteiger partial charge in [-0.3, -0.25) is 33.6 Å². The highest BCUT2D eigenvalue weighted by atomic mass is 16.2. The van der Waals surface area contributed by atoms with Crippen LogP contribution in [0.3, 0.4) is 0 Å². The van der Waals surface area contributed by atoms with E-state index in [-0.39, 0.29) is 45.5 Å². The predicted octanol–water partition coefficient (Wildman–Crippen LogP) is 21.4. The van der Waals surface area contributed by atoms with E-state index in [4.69, 9.17) is 0 Å². The summed E-state index contributed by atoms with van der Waals surface area (Å²) in [6, 6.07) is 18.4. The summed E-state index contributed by atoms with van der Waals surface area (Å²) in [4.78, 5) is 64.1. The number of carbonyl (C=O) groups excluding carboxylic acids is 5. The van der Waals surface area contributed by atoms with E-state index in [0.717, 1.165) is 68.5 Å². The molecule has 1 N–H and O–H groups in total. The first-order chi connectivity index (χ1) is 46.8. The van der Waals surface area contributed by atoms with Gasteiger partial charge in [-0.2, -0.15) is 10.2 Å². The molecule has 2 aromatic carbocycles. The number of carbonyl (C=O) groups is 5. The number of rotatable bonds is 11. The molecule has 1 atom stereocenters. The second-order valence-corrected chi connectivity index (χ2v) is 32.3. The van der Waals surface area contributed by atoms with Gasteiger partial charge in [0.25, 0.3) is 0 Å². The molecule has 1 aliphatic carbocycles. The first kappa shape index (κ1) is 104. The SMILES string of the molecule is CC.CC.CC.CC.CC.CC.CC(=O)CCn1cc(C(C)(C)C)cn1.CC(=O)Cc1ccc(CCC(C)(C)C)cc1.CC(=O)N1CCN(c2ccc(C(C)(C)C)cc2)CC1.CC(=O)NC1CCC(C(C)(C)C)CC1.CC(=O)n1cc(C(C)(C)C)cn1.C[C@@H](CC(C)(C)C)N1CCN(C)CC1. The molecule has 0 bridgehead atoms. The zero-order chi connectivity index (χ0) is 79.9. The molecule has 3 fully saturated rings. The van der Waals surface area contributed by atoms with E-state index in [9.17, 15) is 24.0 Å². The molecule has 4 heterocycles. The smallest absolute Gasteiger partial charge is 0.243 e. The molecular formula is C87H163N9O5. The van der Waals surface area contributed by atoms with Crippen LogP contribution in [0.2, 0.25) is 0 Å². The number of nitrogens with one attached hydrogen (secondary N) is 1. The van der Waals surface area contributed by atoms with E-state index < -0.39 is 0 Å². The lowest BCUT2D eigenvalue weighted by molar-refractivity contribution is -0.129. The number of piperazine rings is 2. The molecule has 3 aliphatic rings. The minimum atomic E-state index is -0.0505. The van der Waals surface area contributed by atoms with Crippen LogP contribution >= 0.6 is 0 Å². The Morgan fingerprint density at radius 2 is 0.931 bits per heavy atom. The standard InChI is InChI=1S/C16H24N2O.C15H22O.C12H26N2.C12H23NO.C11H18N2O.C9H14N2O.6C2H6/c1-13(19)17-9-11-18(12-10-17)15-7-5-14(6-8-15)16(2,3)4;1-12(16)11-14-7-5-13(6-8-14)9-10-15(2,3)4;1-11(10-12(2,3)4)14-8-6-13(5)7-9-14;1-9(14)13-11-7-5-10(6-8-11)12(2,3)4;1-9(14)5-6-13-8-10(7-12-13)11(2,3)4;1-7(12)11-6-8(5-10-11)9(2,3)4;6*1-2/h5-8H,9-12H2,1-4H3;5-8H,9-11H2,1-4H3;11H,6-10H2,1-5H3;10-11H,5-8H2,1-4H3,(H,13,14);7-8H,5-6H2,1-4H3;5-6H,1-4H3;6*1-2H3/t;;11-;;;;;;;;;/m..0........./s1. The van der Waals surface area contributed by atoms with E-state index in [1.807, 2.05) is 105 Å². The normalized spacial score (nSPS) is 15.6. The van der Waals surface area contributed by atoms with E-state index in [0.29, 0.717) is 41.7 Å². The zero-order valence-electron chi connectivity index (χ0n) is 73.0. The van der Waals surface area contributed by atoms with Gasteiger partial charge in [0.2, 0.25) is 17.7 Å². The molecule has 14 heteroatoms. The van der Waals surface area contributed by atoms with Gasteiger partial charge in [0.1, 0.15) is 11.6 Å². The van der Waals surface area contributed by atoms with Gasteiger partial charge < -0.3 is 20.0 Å². The fraction of sp³-hybridized carbons (Fsp3) is 0.736. The number of hydrogen-bond donors (Lipinski definition) is 1. The third-order valence-corrected chi connectivity index (χ3v) is 16.9. The maximum Gasteiger partial charge on any atom is 0.243 e. The molecule has 0 unspecified atom stereocenters.